The third-order valence-corrected chi connectivity index (χ3v) is 9.07. The number of rotatable bonds is 1. The molecule has 0 aliphatic heterocycles. The van der Waals surface area contributed by atoms with Crippen molar-refractivity contribution in [3.63, 3.8) is 0 Å². The summed E-state index contributed by atoms with van der Waals surface area (Å²) in [6.45, 7) is 0. The van der Waals surface area contributed by atoms with Crippen LogP contribution in [0.15, 0.2) is 127 Å². The molecule has 0 atom stereocenters. The van der Waals surface area contributed by atoms with Crippen LogP contribution in [0.2, 0.25) is 0 Å². The number of nitrogens with zero attached hydrogens (tertiary/aromatic N) is 1. The first kappa shape index (κ1) is 19.9. The van der Waals surface area contributed by atoms with E-state index in [0.717, 1.165) is 0 Å². The second kappa shape index (κ2) is 6.83. The lowest BCUT2D eigenvalue weighted by molar-refractivity contribution is 1.20. The highest BCUT2D eigenvalue weighted by molar-refractivity contribution is 6.29. The average Bonchev–Trinajstić information content (AvgIpc) is 3.62. The SMILES string of the molecule is c1ccc2c(c1)-c1cccc3c(-n4c5ccccc5c5c6cccc7c6c(cc54)-c4ccccc4-7)ccc-2c13. The van der Waals surface area contributed by atoms with E-state index in [0.29, 0.717) is 0 Å². The Morgan fingerprint density at radius 2 is 0.821 bits per heavy atom. The van der Waals surface area contributed by atoms with E-state index in [1.807, 2.05) is 0 Å². The van der Waals surface area contributed by atoms with Crippen LogP contribution < -0.4 is 0 Å². The Morgan fingerprint density at radius 3 is 1.54 bits per heavy atom. The van der Waals surface area contributed by atoms with Gasteiger partial charge in [0.25, 0.3) is 0 Å². The van der Waals surface area contributed by atoms with E-state index in [2.05, 4.69) is 132 Å². The zero-order chi connectivity index (χ0) is 25.2. The molecule has 0 bridgehead atoms. The molecular formula is C38H21N. The zero-order valence-corrected chi connectivity index (χ0v) is 21.1. The van der Waals surface area contributed by atoms with Gasteiger partial charge in [0.15, 0.2) is 0 Å². The highest BCUT2D eigenvalue weighted by atomic mass is 15.0. The Balaban J connectivity index is 1.40. The number of hydrogen-bond acceptors (Lipinski definition) is 0. The summed E-state index contributed by atoms with van der Waals surface area (Å²) < 4.78 is 2.51. The summed E-state index contributed by atoms with van der Waals surface area (Å²) in [4.78, 5) is 0. The second-order valence-corrected chi connectivity index (χ2v) is 10.9. The predicted octanol–water partition coefficient (Wildman–Crippen LogP) is 10.4. The molecule has 0 saturated carbocycles. The van der Waals surface area contributed by atoms with Crippen molar-refractivity contribution in [3.8, 4) is 50.2 Å². The monoisotopic (exact) mass is 491 g/mol. The first-order valence-electron chi connectivity index (χ1n) is 13.6. The van der Waals surface area contributed by atoms with Gasteiger partial charge in [0.1, 0.15) is 0 Å². The van der Waals surface area contributed by atoms with Crippen LogP contribution in [0.3, 0.4) is 0 Å². The number of fused-ring (bicyclic) bond motifs is 10. The third kappa shape index (κ3) is 2.29. The Hall–Kier alpha value is -5.14. The van der Waals surface area contributed by atoms with Crippen molar-refractivity contribution < 1.29 is 0 Å². The maximum Gasteiger partial charge on any atom is 0.0554 e. The summed E-state index contributed by atoms with van der Waals surface area (Å²) >= 11 is 0. The molecule has 1 aromatic heterocycles. The van der Waals surface area contributed by atoms with E-state index in [1.54, 1.807) is 0 Å². The lowest BCUT2D eigenvalue weighted by Gasteiger charge is -2.14. The summed E-state index contributed by atoms with van der Waals surface area (Å²) in [6.07, 6.45) is 0. The van der Waals surface area contributed by atoms with Gasteiger partial charge in [-0.15, -0.1) is 0 Å². The second-order valence-electron chi connectivity index (χ2n) is 10.9. The molecular weight excluding hydrogens is 470 g/mol. The number of para-hydroxylation sites is 1. The molecule has 1 nitrogen and oxygen atoms in total. The van der Waals surface area contributed by atoms with Gasteiger partial charge in [-0.3, -0.25) is 0 Å². The van der Waals surface area contributed by atoms with Crippen molar-refractivity contribution in [1.82, 2.24) is 4.57 Å². The van der Waals surface area contributed by atoms with E-state index < -0.39 is 0 Å². The van der Waals surface area contributed by atoms with Crippen molar-refractivity contribution >= 4 is 43.4 Å². The molecule has 178 valence electrons. The first-order valence-corrected chi connectivity index (χ1v) is 13.6. The lowest BCUT2D eigenvalue weighted by atomic mass is 9.98. The Bertz CT molecular complexity index is 2350. The van der Waals surface area contributed by atoms with Gasteiger partial charge < -0.3 is 4.57 Å². The molecule has 0 unspecified atom stereocenters. The van der Waals surface area contributed by atoms with E-state index in [-0.39, 0.29) is 0 Å². The summed E-state index contributed by atoms with van der Waals surface area (Å²) in [6, 6.07) is 47.3. The minimum absolute atomic E-state index is 1.24. The summed E-state index contributed by atoms with van der Waals surface area (Å²) in [7, 11) is 0. The highest BCUT2D eigenvalue weighted by Crippen LogP contribution is 2.52. The molecule has 8 aromatic rings. The number of benzene rings is 7. The normalized spacial score (nSPS) is 12.6. The van der Waals surface area contributed by atoms with Crippen molar-refractivity contribution in [2.24, 2.45) is 0 Å². The lowest BCUT2D eigenvalue weighted by Crippen LogP contribution is -1.96. The van der Waals surface area contributed by atoms with Crippen LogP contribution in [-0.2, 0) is 0 Å². The van der Waals surface area contributed by atoms with Crippen LogP contribution in [0.5, 0.6) is 0 Å². The highest BCUT2D eigenvalue weighted by Gasteiger charge is 2.27. The largest absolute Gasteiger partial charge is 0.309 e. The fourth-order valence-corrected chi connectivity index (χ4v) is 7.58. The Morgan fingerprint density at radius 1 is 0.308 bits per heavy atom. The third-order valence-electron chi connectivity index (χ3n) is 9.07. The number of hydrogen-bond donors (Lipinski definition) is 0. The molecule has 0 radical (unpaired) electrons. The van der Waals surface area contributed by atoms with E-state index in [9.17, 15) is 0 Å². The van der Waals surface area contributed by atoms with Crippen LogP contribution >= 0.6 is 0 Å². The average molecular weight is 492 g/mol. The minimum Gasteiger partial charge on any atom is -0.309 e. The van der Waals surface area contributed by atoms with Gasteiger partial charge in [-0.05, 0) is 78.9 Å². The minimum atomic E-state index is 1.24. The Kier molecular flexibility index (Phi) is 3.49. The predicted molar refractivity (Wildman–Crippen MR) is 165 cm³/mol. The van der Waals surface area contributed by atoms with Gasteiger partial charge in [-0.2, -0.15) is 0 Å². The maximum absolute atomic E-state index is 2.51. The quantitative estimate of drug-likeness (QED) is 0.215. The molecule has 0 amide bonds. The summed E-state index contributed by atoms with van der Waals surface area (Å²) in [5, 5.41) is 8.02. The molecule has 0 N–H and O–H groups in total. The van der Waals surface area contributed by atoms with Gasteiger partial charge in [-0.25, -0.2) is 0 Å². The van der Waals surface area contributed by atoms with Gasteiger partial charge in [0.05, 0.1) is 16.7 Å². The molecule has 0 fully saturated rings. The van der Waals surface area contributed by atoms with Gasteiger partial charge >= 0.3 is 0 Å². The molecule has 1 heteroatoms. The smallest absolute Gasteiger partial charge is 0.0554 e. The molecule has 0 spiro atoms. The first-order chi connectivity index (χ1) is 19.4. The molecule has 0 saturated heterocycles. The van der Waals surface area contributed by atoms with Gasteiger partial charge in [-0.1, -0.05) is 109 Å². The van der Waals surface area contributed by atoms with Crippen LogP contribution in [0.25, 0.3) is 93.5 Å². The number of aromatic nitrogens is 1. The molecule has 10 rings (SSSR count). The fourth-order valence-electron chi connectivity index (χ4n) is 7.58. The van der Waals surface area contributed by atoms with Crippen LogP contribution in [-0.4, -0.2) is 4.57 Å². The molecule has 2 aliphatic carbocycles. The van der Waals surface area contributed by atoms with Gasteiger partial charge in [0.2, 0.25) is 0 Å². The summed E-state index contributed by atoms with van der Waals surface area (Å²) in [5.41, 5.74) is 14.5. The van der Waals surface area contributed by atoms with Crippen molar-refractivity contribution in [3.05, 3.63) is 127 Å². The molecule has 7 aromatic carbocycles. The summed E-state index contributed by atoms with van der Waals surface area (Å²) in [5.74, 6) is 0. The van der Waals surface area contributed by atoms with E-state index >= 15 is 0 Å². The maximum atomic E-state index is 2.51. The molecule has 39 heavy (non-hydrogen) atoms. The van der Waals surface area contributed by atoms with Crippen LogP contribution in [0, 0.1) is 0 Å². The fraction of sp³-hybridized carbons (Fsp3) is 0. The zero-order valence-electron chi connectivity index (χ0n) is 21.1. The molecule has 2 aliphatic rings. The van der Waals surface area contributed by atoms with Crippen molar-refractivity contribution in [1.29, 1.82) is 0 Å². The van der Waals surface area contributed by atoms with Crippen molar-refractivity contribution in [2.45, 2.75) is 0 Å². The van der Waals surface area contributed by atoms with E-state index in [1.165, 1.54) is 93.5 Å². The van der Waals surface area contributed by atoms with Crippen LogP contribution in [0.1, 0.15) is 0 Å². The topological polar surface area (TPSA) is 4.93 Å². The standard InChI is InChI=1S/C38H21N/c1-2-10-23-22(9-1)26-14-7-16-29-34(20-19-28(23)36(26)29)39-33-18-6-5-13-30(33)38-31-17-8-15-27-24-11-3-4-12-25(24)32(37(27)31)21-35(38)39/h1-21H. The van der Waals surface area contributed by atoms with Gasteiger partial charge in [0, 0.05) is 16.2 Å². The van der Waals surface area contributed by atoms with Crippen LogP contribution in [0.4, 0.5) is 0 Å². The van der Waals surface area contributed by atoms with Crippen molar-refractivity contribution in [2.75, 3.05) is 0 Å². The van der Waals surface area contributed by atoms with E-state index in [4.69, 9.17) is 0 Å². The Labute approximate surface area is 225 Å². The molecule has 1 heterocycles.